The van der Waals surface area contributed by atoms with E-state index in [0.717, 1.165) is 5.56 Å². The highest BCUT2D eigenvalue weighted by atomic mass is 32.2. The maximum atomic E-state index is 10.7. The van der Waals surface area contributed by atoms with Gasteiger partial charge in [-0.15, -0.1) is 5.54 Å². The topological polar surface area (TPSA) is 69.4 Å². The van der Waals surface area contributed by atoms with E-state index >= 15 is 0 Å². The van der Waals surface area contributed by atoms with Gasteiger partial charge in [-0.1, -0.05) is 25.6 Å². The maximum absolute atomic E-state index is 10.7. The van der Waals surface area contributed by atoms with Crippen LogP contribution in [-0.2, 0) is 10.3 Å². The van der Waals surface area contributed by atoms with Gasteiger partial charge in [0.2, 0.25) is 0 Å². The molecule has 17 heavy (non-hydrogen) atoms. The highest BCUT2D eigenvalue weighted by Crippen LogP contribution is 2.12. The molecule has 0 atom stereocenters. The second-order valence-corrected chi connectivity index (χ2v) is 10.5. The van der Waals surface area contributed by atoms with Gasteiger partial charge in [-0.2, -0.15) is 13.6 Å². The summed E-state index contributed by atoms with van der Waals surface area (Å²) in [5.74, 6) is 3.24. The van der Waals surface area contributed by atoms with Gasteiger partial charge in [0.1, 0.15) is 13.8 Å². The van der Waals surface area contributed by atoms with Gasteiger partial charge >= 0.3 is 10.3 Å². The average molecular weight is 269 g/mol. The van der Waals surface area contributed by atoms with Gasteiger partial charge in [-0.3, -0.25) is 0 Å². The van der Waals surface area contributed by atoms with E-state index in [4.69, 9.17) is 5.14 Å². The van der Waals surface area contributed by atoms with Gasteiger partial charge in [-0.25, -0.2) is 0 Å². The predicted molar refractivity (Wildman–Crippen MR) is 70.4 cm³/mol. The van der Waals surface area contributed by atoms with Crippen LogP contribution in [0.15, 0.2) is 24.3 Å². The standard InChI is InChI=1S/C11H15NO3SSi/c1-17(2,3)9-8-10-4-6-11(7-5-10)15-16(12,13)14/h4-7H,1-3H3,(H2,12,13,14). The lowest BCUT2D eigenvalue weighted by Gasteiger charge is -2.04. The number of hydrogen-bond acceptors (Lipinski definition) is 3. The maximum Gasteiger partial charge on any atom is 0.380 e. The van der Waals surface area contributed by atoms with E-state index in [9.17, 15) is 8.42 Å². The molecule has 0 fully saturated rings. The summed E-state index contributed by atoms with van der Waals surface area (Å²) in [6.45, 7) is 6.45. The Labute approximate surface area is 103 Å². The summed E-state index contributed by atoms with van der Waals surface area (Å²) in [5.41, 5.74) is 4.04. The van der Waals surface area contributed by atoms with Crippen LogP contribution < -0.4 is 9.32 Å². The fourth-order valence-electron chi connectivity index (χ4n) is 0.988. The Kier molecular flexibility index (Phi) is 3.98. The van der Waals surface area contributed by atoms with E-state index in [-0.39, 0.29) is 5.75 Å². The Morgan fingerprint density at radius 1 is 1.18 bits per heavy atom. The van der Waals surface area contributed by atoms with Crippen LogP contribution in [0.1, 0.15) is 5.56 Å². The average Bonchev–Trinajstić information content (AvgIpc) is 2.13. The molecule has 0 heterocycles. The van der Waals surface area contributed by atoms with Crippen LogP contribution in [0.25, 0.3) is 0 Å². The van der Waals surface area contributed by atoms with E-state index in [1.807, 2.05) is 0 Å². The summed E-state index contributed by atoms with van der Waals surface area (Å²) in [4.78, 5) is 0. The second-order valence-electron chi connectivity index (χ2n) is 4.60. The summed E-state index contributed by atoms with van der Waals surface area (Å²) in [7, 11) is -5.35. The van der Waals surface area contributed by atoms with Crippen molar-refractivity contribution in [3.63, 3.8) is 0 Å². The third-order valence-corrected chi connectivity index (χ3v) is 2.95. The van der Waals surface area contributed by atoms with Crippen LogP contribution in [0.2, 0.25) is 19.6 Å². The van der Waals surface area contributed by atoms with E-state index in [1.165, 1.54) is 12.1 Å². The quantitative estimate of drug-likeness (QED) is 0.653. The predicted octanol–water partition coefficient (Wildman–Crippen LogP) is 1.50. The van der Waals surface area contributed by atoms with Crippen LogP contribution in [0.3, 0.4) is 0 Å². The summed E-state index contributed by atoms with van der Waals surface area (Å²) in [6.07, 6.45) is 0. The first-order valence-electron chi connectivity index (χ1n) is 5.01. The lowest BCUT2D eigenvalue weighted by molar-refractivity contribution is 0.488. The third kappa shape index (κ3) is 6.11. The van der Waals surface area contributed by atoms with Crippen molar-refractivity contribution in [2.75, 3.05) is 0 Å². The zero-order valence-corrected chi connectivity index (χ0v) is 11.8. The smallest absolute Gasteiger partial charge is 0.371 e. The molecule has 0 aromatic heterocycles. The number of rotatable bonds is 2. The molecule has 4 nitrogen and oxygen atoms in total. The molecule has 1 rings (SSSR count). The summed E-state index contributed by atoms with van der Waals surface area (Å²) in [6, 6.07) is 6.46. The Morgan fingerprint density at radius 2 is 1.71 bits per heavy atom. The Bertz CT molecular complexity index is 547. The molecule has 1 aromatic rings. The van der Waals surface area contributed by atoms with E-state index < -0.39 is 18.4 Å². The first-order valence-corrected chi connectivity index (χ1v) is 9.98. The molecule has 2 N–H and O–H groups in total. The van der Waals surface area contributed by atoms with E-state index in [0.29, 0.717) is 0 Å². The molecule has 0 amide bonds. The summed E-state index contributed by atoms with van der Waals surface area (Å²) in [5, 5.41) is 4.75. The van der Waals surface area contributed by atoms with Crippen LogP contribution in [-0.4, -0.2) is 16.5 Å². The zero-order chi connectivity index (χ0) is 13.1. The highest BCUT2D eigenvalue weighted by molar-refractivity contribution is 7.84. The summed E-state index contributed by atoms with van der Waals surface area (Å²) >= 11 is 0. The molecule has 0 aliphatic carbocycles. The van der Waals surface area contributed by atoms with Crippen LogP contribution in [0.5, 0.6) is 5.75 Å². The van der Waals surface area contributed by atoms with Crippen LogP contribution in [0.4, 0.5) is 0 Å². The Morgan fingerprint density at radius 3 is 2.12 bits per heavy atom. The SMILES string of the molecule is C[Si](C)(C)C#Cc1ccc(OS(N)(=O)=O)cc1. The molecule has 1 aromatic carbocycles. The fourth-order valence-corrected chi connectivity index (χ4v) is 1.89. The molecular weight excluding hydrogens is 254 g/mol. The van der Waals surface area contributed by atoms with E-state index in [2.05, 4.69) is 35.3 Å². The van der Waals surface area contributed by atoms with Crippen molar-refractivity contribution in [3.05, 3.63) is 29.8 Å². The molecule has 6 heteroatoms. The Balaban J connectivity index is 2.85. The molecule has 0 spiro atoms. The van der Waals surface area contributed by atoms with Crippen molar-refractivity contribution >= 4 is 18.4 Å². The van der Waals surface area contributed by atoms with Crippen molar-refractivity contribution in [1.29, 1.82) is 0 Å². The van der Waals surface area contributed by atoms with Crippen molar-refractivity contribution in [2.24, 2.45) is 5.14 Å². The van der Waals surface area contributed by atoms with Gasteiger partial charge in [0.15, 0.2) is 0 Å². The van der Waals surface area contributed by atoms with Gasteiger partial charge in [0.05, 0.1) is 0 Å². The largest absolute Gasteiger partial charge is 0.380 e. The molecule has 0 aliphatic heterocycles. The minimum atomic E-state index is -3.95. The Hall–Kier alpha value is -1.29. The van der Waals surface area contributed by atoms with Crippen molar-refractivity contribution in [3.8, 4) is 17.2 Å². The van der Waals surface area contributed by atoms with Gasteiger partial charge < -0.3 is 4.18 Å². The highest BCUT2D eigenvalue weighted by Gasteiger charge is 2.07. The lowest BCUT2D eigenvalue weighted by Crippen LogP contribution is -2.18. The van der Waals surface area contributed by atoms with Crippen molar-refractivity contribution in [1.82, 2.24) is 0 Å². The first-order chi connectivity index (χ1) is 7.66. The van der Waals surface area contributed by atoms with E-state index in [1.54, 1.807) is 12.1 Å². The van der Waals surface area contributed by atoms with Gasteiger partial charge in [0.25, 0.3) is 0 Å². The minimum absolute atomic E-state index is 0.186. The molecule has 0 saturated heterocycles. The second kappa shape index (κ2) is 4.92. The number of benzene rings is 1. The lowest BCUT2D eigenvalue weighted by atomic mass is 10.2. The third-order valence-electron chi connectivity index (χ3n) is 1.65. The van der Waals surface area contributed by atoms with Gasteiger partial charge in [0, 0.05) is 5.56 Å². The number of nitrogens with two attached hydrogens (primary N) is 1. The molecule has 92 valence electrons. The molecule has 0 saturated carbocycles. The number of hydrogen-bond donors (Lipinski definition) is 1. The minimum Gasteiger partial charge on any atom is -0.371 e. The van der Waals surface area contributed by atoms with Crippen molar-refractivity contribution in [2.45, 2.75) is 19.6 Å². The normalized spacial score (nSPS) is 11.5. The molecular formula is C11H15NO3SSi. The molecule has 0 radical (unpaired) electrons. The zero-order valence-electron chi connectivity index (χ0n) is 10.0. The first kappa shape index (κ1) is 13.8. The van der Waals surface area contributed by atoms with Crippen LogP contribution >= 0.6 is 0 Å². The molecule has 0 bridgehead atoms. The molecule has 0 unspecified atom stereocenters. The molecule has 0 aliphatic rings. The van der Waals surface area contributed by atoms with Gasteiger partial charge in [-0.05, 0) is 24.3 Å². The van der Waals surface area contributed by atoms with Crippen molar-refractivity contribution < 1.29 is 12.6 Å². The summed E-state index contributed by atoms with van der Waals surface area (Å²) < 4.78 is 25.9. The fraction of sp³-hybridized carbons (Fsp3) is 0.273. The van der Waals surface area contributed by atoms with Crippen LogP contribution in [0, 0.1) is 11.5 Å². The monoisotopic (exact) mass is 269 g/mol.